The molecule has 0 bridgehead atoms. The summed E-state index contributed by atoms with van der Waals surface area (Å²) in [5.41, 5.74) is 7.52. The van der Waals surface area contributed by atoms with Crippen LogP contribution in [0.3, 0.4) is 0 Å². The number of hydrogen-bond donors (Lipinski definition) is 4. The molecule has 3 rings (SSSR count). The second-order valence-electron chi connectivity index (χ2n) is 5.18. The summed E-state index contributed by atoms with van der Waals surface area (Å²) in [7, 11) is -4.92. The molecule has 120 valence electrons. The van der Waals surface area contributed by atoms with Crippen molar-refractivity contribution in [2.24, 2.45) is 5.73 Å². The Bertz CT molecular complexity index is 856. The summed E-state index contributed by atoms with van der Waals surface area (Å²) in [5, 5.41) is 19.1. The molecule has 1 aliphatic rings. The molecule has 2 aromatic carbocycles. The number of nitrogens with two attached hydrogens (primary N) is 1. The average molecular weight is 334 g/mol. The first-order chi connectivity index (χ1) is 10.9. The molecular formula is C14H15BN2O5S. The number of aromatic hydroxyl groups is 1. The fraction of sp³-hybridized carbons (Fsp3) is 0.143. The van der Waals surface area contributed by atoms with Gasteiger partial charge in [-0.2, -0.15) is 0 Å². The predicted molar refractivity (Wildman–Crippen MR) is 85.6 cm³/mol. The monoisotopic (exact) mass is 334 g/mol. The first-order valence-electron chi connectivity index (χ1n) is 6.88. The van der Waals surface area contributed by atoms with Gasteiger partial charge in [-0.05, 0) is 46.9 Å². The minimum Gasteiger partial charge on any atom is -0.508 e. The van der Waals surface area contributed by atoms with Gasteiger partial charge in [-0.15, -0.1) is 0 Å². The van der Waals surface area contributed by atoms with E-state index in [1.54, 1.807) is 12.1 Å². The third-order valence-electron chi connectivity index (χ3n) is 3.61. The molecule has 5 N–H and O–H groups in total. The molecule has 0 saturated carbocycles. The maximum atomic E-state index is 12.5. The second kappa shape index (κ2) is 5.86. The summed E-state index contributed by atoms with van der Waals surface area (Å²) in [6, 6.07) is 8.73. The van der Waals surface area contributed by atoms with E-state index in [9.17, 15) is 18.5 Å². The average Bonchev–Trinajstić information content (AvgIpc) is 2.87. The van der Waals surface area contributed by atoms with Gasteiger partial charge in [0.1, 0.15) is 5.75 Å². The van der Waals surface area contributed by atoms with Crippen molar-refractivity contribution in [2.45, 2.75) is 18.0 Å². The highest BCUT2D eigenvalue weighted by Crippen LogP contribution is 2.24. The van der Waals surface area contributed by atoms with Gasteiger partial charge in [-0.1, -0.05) is 6.07 Å². The highest BCUT2D eigenvalue weighted by atomic mass is 32.2. The van der Waals surface area contributed by atoms with Crippen molar-refractivity contribution in [3.05, 3.63) is 47.5 Å². The van der Waals surface area contributed by atoms with Crippen LogP contribution < -0.4 is 15.9 Å². The normalized spacial score (nSPS) is 13.9. The molecule has 0 atom stereocenters. The van der Waals surface area contributed by atoms with Crippen LogP contribution in [0.15, 0.2) is 41.3 Å². The number of hydrogen-bond acceptors (Lipinski definition) is 6. The van der Waals surface area contributed by atoms with Crippen molar-refractivity contribution in [2.75, 3.05) is 4.72 Å². The van der Waals surface area contributed by atoms with Crippen molar-refractivity contribution in [3.63, 3.8) is 0 Å². The molecule has 7 nitrogen and oxygen atoms in total. The molecule has 2 aromatic rings. The largest absolute Gasteiger partial charge is 0.508 e. The van der Waals surface area contributed by atoms with Crippen LogP contribution in [-0.2, 0) is 27.8 Å². The number of nitrogens with one attached hydrogen (secondary N) is 1. The molecule has 1 aliphatic heterocycles. The fourth-order valence-corrected chi connectivity index (χ4v) is 3.76. The smallest absolute Gasteiger partial charge is 0.491 e. The first kappa shape index (κ1) is 15.8. The lowest BCUT2D eigenvalue weighted by Gasteiger charge is -2.12. The number of phenolic OH excluding ortho intramolecular Hbond substituents is 1. The van der Waals surface area contributed by atoms with E-state index in [4.69, 9.17) is 10.4 Å². The Kier molecular flexibility index (Phi) is 4.03. The van der Waals surface area contributed by atoms with Gasteiger partial charge in [0.05, 0.1) is 11.5 Å². The zero-order chi connectivity index (χ0) is 16.6. The lowest BCUT2D eigenvalue weighted by Crippen LogP contribution is -2.28. The second-order valence-corrected chi connectivity index (χ2v) is 6.83. The van der Waals surface area contributed by atoms with Gasteiger partial charge in [-0.25, -0.2) is 8.42 Å². The maximum Gasteiger partial charge on any atom is 0.491 e. The van der Waals surface area contributed by atoms with Crippen LogP contribution in [0.5, 0.6) is 5.75 Å². The number of anilines is 1. The van der Waals surface area contributed by atoms with Crippen LogP contribution in [0.2, 0.25) is 0 Å². The van der Waals surface area contributed by atoms with Gasteiger partial charge < -0.3 is 20.5 Å². The molecule has 0 radical (unpaired) electrons. The van der Waals surface area contributed by atoms with Crippen LogP contribution in [0.25, 0.3) is 0 Å². The molecule has 9 heteroatoms. The molecule has 0 aliphatic carbocycles. The van der Waals surface area contributed by atoms with E-state index in [-0.39, 0.29) is 17.2 Å². The number of rotatable bonds is 4. The van der Waals surface area contributed by atoms with Gasteiger partial charge in [-0.3, -0.25) is 4.72 Å². The molecule has 0 aromatic heterocycles. The number of sulfonamides is 1. The van der Waals surface area contributed by atoms with Crippen molar-refractivity contribution >= 4 is 28.3 Å². The summed E-state index contributed by atoms with van der Waals surface area (Å²) in [4.78, 5) is -0.00454. The molecule has 0 amide bonds. The van der Waals surface area contributed by atoms with Crippen LogP contribution in [-0.4, -0.2) is 25.7 Å². The minimum absolute atomic E-state index is 0.00454. The van der Waals surface area contributed by atoms with Crippen LogP contribution >= 0.6 is 0 Å². The van der Waals surface area contributed by atoms with E-state index >= 15 is 0 Å². The predicted octanol–water partition coefficient (Wildman–Crippen LogP) is -0.131. The van der Waals surface area contributed by atoms with E-state index in [0.29, 0.717) is 23.3 Å². The minimum atomic E-state index is -3.87. The summed E-state index contributed by atoms with van der Waals surface area (Å²) in [5.74, 6) is -0.0535. The zero-order valence-corrected chi connectivity index (χ0v) is 12.9. The summed E-state index contributed by atoms with van der Waals surface area (Å²) in [6.45, 7) is 0.264. The lowest BCUT2D eigenvalue weighted by atomic mass is 9.79. The third kappa shape index (κ3) is 3.04. The zero-order valence-electron chi connectivity index (χ0n) is 12.1. The molecule has 1 heterocycles. The Morgan fingerprint density at radius 1 is 1.26 bits per heavy atom. The van der Waals surface area contributed by atoms with Crippen molar-refractivity contribution in [3.8, 4) is 5.75 Å². The van der Waals surface area contributed by atoms with Gasteiger partial charge in [0.25, 0.3) is 10.0 Å². The van der Waals surface area contributed by atoms with Crippen LogP contribution in [0.1, 0.15) is 11.1 Å². The Morgan fingerprint density at radius 2 is 2.04 bits per heavy atom. The molecule has 0 saturated heterocycles. The third-order valence-corrected chi connectivity index (χ3v) is 5.10. The molecular weight excluding hydrogens is 319 g/mol. The maximum absolute atomic E-state index is 12.5. The lowest BCUT2D eigenvalue weighted by molar-refractivity contribution is 0.275. The van der Waals surface area contributed by atoms with Gasteiger partial charge in [0.15, 0.2) is 0 Å². The van der Waals surface area contributed by atoms with Crippen molar-refractivity contribution < 1.29 is 23.2 Å². The molecule has 0 unspecified atom stereocenters. The summed E-state index contributed by atoms with van der Waals surface area (Å²) in [6.07, 6.45) is 0. The van der Waals surface area contributed by atoms with E-state index < -0.39 is 17.1 Å². The fourth-order valence-electron chi connectivity index (χ4n) is 2.48. The number of phenols is 1. The van der Waals surface area contributed by atoms with Gasteiger partial charge in [0, 0.05) is 12.2 Å². The van der Waals surface area contributed by atoms with E-state index in [1.807, 2.05) is 0 Å². The molecule has 0 fully saturated rings. The molecule has 0 spiro atoms. The Labute approximate surface area is 133 Å². The first-order valence-corrected chi connectivity index (χ1v) is 8.36. The van der Waals surface area contributed by atoms with E-state index in [1.165, 1.54) is 24.3 Å². The van der Waals surface area contributed by atoms with Gasteiger partial charge >= 0.3 is 7.12 Å². The summed E-state index contributed by atoms with van der Waals surface area (Å²) < 4.78 is 32.6. The number of fused-ring (bicyclic) bond motifs is 1. The molecule has 23 heavy (non-hydrogen) atoms. The number of benzene rings is 2. The van der Waals surface area contributed by atoms with Crippen molar-refractivity contribution in [1.29, 1.82) is 0 Å². The van der Waals surface area contributed by atoms with Crippen LogP contribution in [0, 0.1) is 0 Å². The SMILES string of the molecule is NCc1cc(O)ccc1S(=O)(=O)Nc1ccc2c(c1)B(O)OC2. The Morgan fingerprint density at radius 3 is 2.78 bits per heavy atom. The standard InChI is InChI=1S/C14H15BN2O5S/c16-7-10-5-12(18)3-4-14(10)23(20,21)17-11-2-1-9-8-22-15(19)13(9)6-11/h1-6,17-19H,7-8,16H2. The van der Waals surface area contributed by atoms with Crippen molar-refractivity contribution in [1.82, 2.24) is 0 Å². The van der Waals surface area contributed by atoms with Crippen LogP contribution in [0.4, 0.5) is 5.69 Å². The Balaban J connectivity index is 1.95. The van der Waals surface area contributed by atoms with E-state index in [2.05, 4.69) is 4.72 Å². The highest BCUT2D eigenvalue weighted by Gasteiger charge is 2.28. The topological polar surface area (TPSA) is 122 Å². The van der Waals surface area contributed by atoms with E-state index in [0.717, 1.165) is 5.56 Å². The van der Waals surface area contributed by atoms with Gasteiger partial charge in [0.2, 0.25) is 0 Å². The summed E-state index contributed by atoms with van der Waals surface area (Å²) >= 11 is 0. The highest BCUT2D eigenvalue weighted by molar-refractivity contribution is 7.92. The quantitative estimate of drug-likeness (QED) is 0.578. The Hall–Kier alpha value is -2.07.